The average Bonchev–Trinajstić information content (AvgIpc) is 2.95. The van der Waals surface area contributed by atoms with Gasteiger partial charge in [-0.2, -0.15) is 0 Å². The van der Waals surface area contributed by atoms with E-state index >= 15 is 0 Å². The minimum atomic E-state index is 0.805. The van der Waals surface area contributed by atoms with Crippen LogP contribution in [-0.4, -0.2) is 19.2 Å². The van der Waals surface area contributed by atoms with E-state index in [-0.39, 0.29) is 0 Å². The van der Waals surface area contributed by atoms with Crippen LogP contribution in [0, 0.1) is 0 Å². The van der Waals surface area contributed by atoms with Crippen LogP contribution >= 0.6 is 11.3 Å². The summed E-state index contributed by atoms with van der Waals surface area (Å²) in [6.45, 7) is 0. The summed E-state index contributed by atoms with van der Waals surface area (Å²) in [4.78, 5) is 4.59. The van der Waals surface area contributed by atoms with Crippen LogP contribution in [0.1, 0.15) is 10.6 Å². The Morgan fingerprint density at radius 2 is 1.86 bits per heavy atom. The van der Waals surface area contributed by atoms with Gasteiger partial charge in [0.1, 0.15) is 16.5 Å². The van der Waals surface area contributed by atoms with Crippen LogP contribution < -0.4 is 9.47 Å². The highest BCUT2D eigenvalue weighted by Crippen LogP contribution is 2.27. The number of aromatic nitrogens is 1. The number of benzene rings is 2. The maximum Gasteiger partial charge on any atom is 0.126 e. The molecule has 0 saturated heterocycles. The molecule has 0 aliphatic rings. The van der Waals surface area contributed by atoms with Crippen LogP contribution in [0.4, 0.5) is 0 Å². The van der Waals surface area contributed by atoms with E-state index in [1.807, 2.05) is 48.6 Å². The summed E-state index contributed by atoms with van der Waals surface area (Å²) in [7, 11) is 3.32. The number of rotatable bonds is 4. The summed E-state index contributed by atoms with van der Waals surface area (Å²) in [6.07, 6.45) is 4.00. The van der Waals surface area contributed by atoms with Gasteiger partial charge in [-0.05, 0) is 42.5 Å². The van der Waals surface area contributed by atoms with Crippen molar-refractivity contribution in [3.05, 3.63) is 53.0 Å². The van der Waals surface area contributed by atoms with Crippen LogP contribution in [0.2, 0.25) is 0 Å². The SMILES string of the molecule is COc1ccc(OC)c(/C=C/c2nc3ccccc3s2)c1. The van der Waals surface area contributed by atoms with Crippen molar-refractivity contribution in [1.29, 1.82) is 0 Å². The van der Waals surface area contributed by atoms with E-state index in [0.29, 0.717) is 0 Å². The van der Waals surface area contributed by atoms with Gasteiger partial charge in [0.2, 0.25) is 0 Å². The van der Waals surface area contributed by atoms with E-state index < -0.39 is 0 Å². The predicted octanol–water partition coefficient (Wildman–Crippen LogP) is 4.48. The number of nitrogens with zero attached hydrogens (tertiary/aromatic N) is 1. The van der Waals surface area contributed by atoms with Crippen molar-refractivity contribution in [2.45, 2.75) is 0 Å². The van der Waals surface area contributed by atoms with Crippen LogP contribution in [0.3, 0.4) is 0 Å². The van der Waals surface area contributed by atoms with E-state index in [1.165, 1.54) is 4.70 Å². The molecule has 4 heteroatoms. The van der Waals surface area contributed by atoms with Crippen molar-refractivity contribution >= 4 is 33.7 Å². The number of hydrogen-bond acceptors (Lipinski definition) is 4. The Balaban J connectivity index is 1.94. The lowest BCUT2D eigenvalue weighted by molar-refractivity contribution is 0.402. The minimum absolute atomic E-state index is 0.805. The highest BCUT2D eigenvalue weighted by atomic mass is 32.1. The molecule has 0 saturated carbocycles. The normalized spacial score (nSPS) is 11.1. The van der Waals surface area contributed by atoms with Crippen molar-refractivity contribution in [2.24, 2.45) is 0 Å². The number of fused-ring (bicyclic) bond motifs is 1. The summed E-state index contributed by atoms with van der Waals surface area (Å²) in [6, 6.07) is 13.9. The van der Waals surface area contributed by atoms with Gasteiger partial charge in [0.25, 0.3) is 0 Å². The summed E-state index contributed by atoms with van der Waals surface area (Å²) in [5.74, 6) is 1.62. The van der Waals surface area contributed by atoms with Crippen molar-refractivity contribution in [3.63, 3.8) is 0 Å². The lowest BCUT2D eigenvalue weighted by Crippen LogP contribution is -1.89. The molecule has 21 heavy (non-hydrogen) atoms. The van der Waals surface area contributed by atoms with E-state index in [9.17, 15) is 0 Å². The molecular weight excluding hydrogens is 282 g/mol. The van der Waals surface area contributed by atoms with E-state index in [1.54, 1.807) is 25.6 Å². The highest BCUT2D eigenvalue weighted by molar-refractivity contribution is 7.19. The summed E-state index contributed by atoms with van der Waals surface area (Å²) < 4.78 is 11.8. The fraction of sp³-hybridized carbons (Fsp3) is 0.118. The first-order valence-corrected chi connectivity index (χ1v) is 7.37. The molecule has 0 spiro atoms. The van der Waals surface area contributed by atoms with Crippen LogP contribution in [0.25, 0.3) is 22.4 Å². The molecule has 106 valence electrons. The molecule has 3 rings (SSSR count). The Labute approximate surface area is 127 Å². The largest absolute Gasteiger partial charge is 0.497 e. The zero-order valence-electron chi connectivity index (χ0n) is 11.9. The molecule has 1 aromatic heterocycles. The van der Waals surface area contributed by atoms with Crippen molar-refractivity contribution in [2.75, 3.05) is 14.2 Å². The number of ether oxygens (including phenoxy) is 2. The molecule has 0 bridgehead atoms. The summed E-state index contributed by atoms with van der Waals surface area (Å²) in [5.41, 5.74) is 2.00. The second-order valence-electron chi connectivity index (χ2n) is 4.46. The maximum atomic E-state index is 5.37. The molecule has 0 amide bonds. The predicted molar refractivity (Wildman–Crippen MR) is 88.1 cm³/mol. The Morgan fingerprint density at radius 1 is 1.00 bits per heavy atom. The Kier molecular flexibility index (Phi) is 3.88. The first-order chi connectivity index (χ1) is 10.3. The van der Waals surface area contributed by atoms with Gasteiger partial charge in [0.05, 0.1) is 24.4 Å². The molecule has 1 heterocycles. The highest BCUT2D eigenvalue weighted by Gasteiger charge is 2.03. The molecule has 0 fully saturated rings. The van der Waals surface area contributed by atoms with Gasteiger partial charge in [0, 0.05) is 5.56 Å². The smallest absolute Gasteiger partial charge is 0.126 e. The van der Waals surface area contributed by atoms with Gasteiger partial charge in [-0.3, -0.25) is 0 Å². The summed E-state index contributed by atoms with van der Waals surface area (Å²) >= 11 is 1.67. The maximum absolute atomic E-state index is 5.37. The van der Waals surface area contributed by atoms with Gasteiger partial charge < -0.3 is 9.47 Å². The standard InChI is InChI=1S/C17H15NO2S/c1-19-13-8-9-15(20-2)12(11-13)7-10-17-18-14-5-3-4-6-16(14)21-17/h3-11H,1-2H3/b10-7+. The monoisotopic (exact) mass is 297 g/mol. The third-order valence-electron chi connectivity index (χ3n) is 3.15. The Bertz CT molecular complexity index is 759. The molecule has 0 atom stereocenters. The molecule has 3 nitrogen and oxygen atoms in total. The molecule has 0 N–H and O–H groups in total. The van der Waals surface area contributed by atoms with Gasteiger partial charge in [0.15, 0.2) is 0 Å². The molecule has 0 aliphatic heterocycles. The second-order valence-corrected chi connectivity index (χ2v) is 5.52. The molecule has 0 aliphatic carbocycles. The van der Waals surface area contributed by atoms with E-state index in [2.05, 4.69) is 11.1 Å². The van der Waals surface area contributed by atoms with Crippen molar-refractivity contribution in [3.8, 4) is 11.5 Å². The zero-order chi connectivity index (χ0) is 14.7. The zero-order valence-corrected chi connectivity index (χ0v) is 12.7. The van der Waals surface area contributed by atoms with E-state index in [0.717, 1.165) is 27.6 Å². The first-order valence-electron chi connectivity index (χ1n) is 6.56. The minimum Gasteiger partial charge on any atom is -0.497 e. The molecule has 2 aromatic carbocycles. The first kappa shape index (κ1) is 13.6. The van der Waals surface area contributed by atoms with Crippen LogP contribution in [0.5, 0.6) is 11.5 Å². The molecule has 0 radical (unpaired) electrons. The third kappa shape index (κ3) is 2.90. The number of para-hydroxylation sites is 1. The van der Waals surface area contributed by atoms with Gasteiger partial charge in [-0.25, -0.2) is 4.98 Å². The second kappa shape index (κ2) is 5.97. The van der Waals surface area contributed by atoms with Crippen molar-refractivity contribution in [1.82, 2.24) is 4.98 Å². The van der Waals surface area contributed by atoms with Crippen LogP contribution in [0.15, 0.2) is 42.5 Å². The summed E-state index contributed by atoms with van der Waals surface area (Å²) in [5, 5.41) is 0.973. The molecule has 0 unspecified atom stereocenters. The number of hydrogen-bond donors (Lipinski definition) is 0. The Morgan fingerprint density at radius 3 is 2.62 bits per heavy atom. The average molecular weight is 297 g/mol. The van der Waals surface area contributed by atoms with Gasteiger partial charge >= 0.3 is 0 Å². The molecular formula is C17H15NO2S. The number of thiazole rings is 1. The fourth-order valence-corrected chi connectivity index (χ4v) is 2.96. The lowest BCUT2D eigenvalue weighted by Gasteiger charge is -2.06. The van der Waals surface area contributed by atoms with Gasteiger partial charge in [-0.1, -0.05) is 12.1 Å². The van der Waals surface area contributed by atoms with E-state index in [4.69, 9.17) is 9.47 Å². The Hall–Kier alpha value is -2.33. The lowest BCUT2D eigenvalue weighted by atomic mass is 10.1. The number of methoxy groups -OCH3 is 2. The topological polar surface area (TPSA) is 31.4 Å². The third-order valence-corrected chi connectivity index (χ3v) is 4.15. The fourth-order valence-electron chi connectivity index (χ4n) is 2.09. The quantitative estimate of drug-likeness (QED) is 0.711. The van der Waals surface area contributed by atoms with Crippen molar-refractivity contribution < 1.29 is 9.47 Å². The van der Waals surface area contributed by atoms with Crippen LogP contribution in [-0.2, 0) is 0 Å². The van der Waals surface area contributed by atoms with Gasteiger partial charge in [-0.15, -0.1) is 11.3 Å². The molecule has 3 aromatic rings.